The summed E-state index contributed by atoms with van der Waals surface area (Å²) >= 11 is 0. The fourth-order valence-corrected chi connectivity index (χ4v) is 2.08. The standard InChI is InChI=1S/C10H22N2O3.C6H12.2H2/c1-2-3-4-6-14-8-9-15-7-5-12-10(11)13;1-2-4-6-5-3-1;;/h2-9H2,1H3,(H3,11,12,13);1-6H2;2*1H. The summed E-state index contributed by atoms with van der Waals surface area (Å²) in [6.45, 7) is 5.06. The molecular weight excluding hydrogens is 268 g/mol. The maximum Gasteiger partial charge on any atom is 0.312 e. The molecule has 0 spiro atoms. The summed E-state index contributed by atoms with van der Waals surface area (Å²) in [5.74, 6) is 0. The molecule has 3 N–H and O–H groups in total. The minimum Gasteiger partial charge on any atom is -0.379 e. The molecule has 1 aliphatic rings. The average molecular weight is 306 g/mol. The van der Waals surface area contributed by atoms with Crippen LogP contribution in [-0.2, 0) is 9.47 Å². The van der Waals surface area contributed by atoms with Crippen LogP contribution in [0.4, 0.5) is 4.79 Å². The summed E-state index contributed by atoms with van der Waals surface area (Å²) in [7, 11) is 0. The monoisotopic (exact) mass is 306 g/mol. The van der Waals surface area contributed by atoms with E-state index in [0.717, 1.165) is 13.0 Å². The minimum absolute atomic E-state index is 0. The van der Waals surface area contributed by atoms with Crippen LogP contribution in [0.2, 0.25) is 0 Å². The van der Waals surface area contributed by atoms with E-state index < -0.39 is 6.03 Å². The number of nitrogens with two attached hydrogens (primary N) is 1. The molecule has 1 aliphatic carbocycles. The predicted octanol–water partition coefficient (Wildman–Crippen LogP) is 3.71. The first-order valence-corrected chi connectivity index (χ1v) is 8.46. The van der Waals surface area contributed by atoms with E-state index in [-0.39, 0.29) is 2.85 Å². The van der Waals surface area contributed by atoms with Crippen LogP contribution in [0.1, 0.15) is 67.6 Å². The molecule has 130 valence electrons. The van der Waals surface area contributed by atoms with Crippen molar-refractivity contribution in [3.05, 3.63) is 0 Å². The van der Waals surface area contributed by atoms with E-state index in [9.17, 15) is 4.79 Å². The molecule has 1 rings (SSSR count). The molecule has 2 amide bonds. The van der Waals surface area contributed by atoms with Crippen LogP contribution < -0.4 is 11.1 Å². The summed E-state index contributed by atoms with van der Waals surface area (Å²) in [4.78, 5) is 10.3. The Morgan fingerprint density at radius 3 is 1.95 bits per heavy atom. The van der Waals surface area contributed by atoms with Crippen LogP contribution in [0.3, 0.4) is 0 Å². The molecule has 0 aromatic carbocycles. The van der Waals surface area contributed by atoms with Crippen LogP contribution in [0, 0.1) is 0 Å². The highest BCUT2D eigenvalue weighted by molar-refractivity contribution is 5.71. The number of carbonyl (C=O) groups is 1. The molecule has 0 radical (unpaired) electrons. The lowest BCUT2D eigenvalue weighted by Gasteiger charge is -2.05. The molecule has 0 saturated heterocycles. The maximum absolute atomic E-state index is 10.3. The van der Waals surface area contributed by atoms with Gasteiger partial charge in [-0.1, -0.05) is 58.3 Å². The number of unbranched alkanes of at least 4 members (excludes halogenated alkanes) is 2. The number of rotatable bonds is 10. The molecule has 1 fully saturated rings. The third-order valence-corrected chi connectivity index (χ3v) is 3.31. The number of hydrogen-bond donors (Lipinski definition) is 2. The van der Waals surface area contributed by atoms with Crippen molar-refractivity contribution in [1.29, 1.82) is 0 Å². The van der Waals surface area contributed by atoms with Crippen molar-refractivity contribution in [3.8, 4) is 0 Å². The van der Waals surface area contributed by atoms with Crippen molar-refractivity contribution in [1.82, 2.24) is 5.32 Å². The molecule has 5 nitrogen and oxygen atoms in total. The van der Waals surface area contributed by atoms with Gasteiger partial charge in [-0.3, -0.25) is 0 Å². The van der Waals surface area contributed by atoms with Gasteiger partial charge in [0, 0.05) is 16.0 Å². The summed E-state index contributed by atoms with van der Waals surface area (Å²) in [6.07, 6.45) is 12.5. The number of nitrogens with one attached hydrogen (secondary N) is 1. The minimum atomic E-state index is -0.519. The first kappa shape index (κ1) is 20.2. The number of carbonyl (C=O) groups excluding carboxylic acids is 1. The van der Waals surface area contributed by atoms with E-state index >= 15 is 0 Å². The molecule has 5 heteroatoms. The van der Waals surface area contributed by atoms with Crippen molar-refractivity contribution in [3.63, 3.8) is 0 Å². The second-order valence-electron chi connectivity index (χ2n) is 5.34. The van der Waals surface area contributed by atoms with Gasteiger partial charge in [0.15, 0.2) is 0 Å². The molecule has 0 unspecified atom stereocenters. The van der Waals surface area contributed by atoms with E-state index in [0.29, 0.717) is 26.4 Å². The van der Waals surface area contributed by atoms with Crippen molar-refractivity contribution < 1.29 is 17.1 Å². The third kappa shape index (κ3) is 19.2. The fraction of sp³-hybridized carbons (Fsp3) is 0.938. The summed E-state index contributed by atoms with van der Waals surface area (Å²) < 4.78 is 10.5. The molecule has 0 bridgehead atoms. The predicted molar refractivity (Wildman–Crippen MR) is 90.7 cm³/mol. The van der Waals surface area contributed by atoms with E-state index in [1.807, 2.05) is 0 Å². The van der Waals surface area contributed by atoms with Crippen molar-refractivity contribution in [2.24, 2.45) is 5.73 Å². The second-order valence-corrected chi connectivity index (χ2v) is 5.34. The highest BCUT2D eigenvalue weighted by Crippen LogP contribution is 2.15. The van der Waals surface area contributed by atoms with Crippen LogP contribution in [0.25, 0.3) is 0 Å². The number of primary amides is 1. The van der Waals surface area contributed by atoms with Crippen LogP contribution in [0.5, 0.6) is 0 Å². The molecule has 0 aliphatic heterocycles. The van der Waals surface area contributed by atoms with E-state index in [1.165, 1.54) is 51.4 Å². The Morgan fingerprint density at radius 2 is 1.48 bits per heavy atom. The number of urea groups is 1. The SMILES string of the molecule is C1CCCCC1.CCCCCOCCOCCNC(N)=O.[HH].[HH]. The van der Waals surface area contributed by atoms with Gasteiger partial charge in [-0.2, -0.15) is 0 Å². The van der Waals surface area contributed by atoms with Gasteiger partial charge in [0.05, 0.1) is 19.8 Å². The molecule has 0 atom stereocenters. The number of amides is 2. The Balaban J connectivity index is -0.000000421. The lowest BCUT2D eigenvalue weighted by molar-refractivity contribution is 0.0480. The third-order valence-electron chi connectivity index (χ3n) is 3.31. The smallest absolute Gasteiger partial charge is 0.312 e. The number of ether oxygens (including phenoxy) is 2. The molecule has 0 heterocycles. The van der Waals surface area contributed by atoms with Gasteiger partial charge in [0.1, 0.15) is 0 Å². The Kier molecular flexibility index (Phi) is 16.6. The van der Waals surface area contributed by atoms with Crippen LogP contribution in [0.15, 0.2) is 0 Å². The van der Waals surface area contributed by atoms with Gasteiger partial charge in [-0.05, 0) is 6.42 Å². The Bertz CT molecular complexity index is 220. The quantitative estimate of drug-likeness (QED) is 0.604. The van der Waals surface area contributed by atoms with Crippen molar-refractivity contribution >= 4 is 6.03 Å². The van der Waals surface area contributed by atoms with Crippen molar-refractivity contribution in [2.75, 3.05) is 33.0 Å². The number of hydrogen-bond acceptors (Lipinski definition) is 3. The zero-order valence-electron chi connectivity index (χ0n) is 13.7. The molecule has 0 aromatic rings. The van der Waals surface area contributed by atoms with E-state index in [4.69, 9.17) is 15.2 Å². The largest absolute Gasteiger partial charge is 0.379 e. The first-order valence-electron chi connectivity index (χ1n) is 8.46. The summed E-state index contributed by atoms with van der Waals surface area (Å²) in [6, 6.07) is -0.519. The average Bonchev–Trinajstić information content (AvgIpc) is 2.51. The Labute approximate surface area is 132 Å². The Morgan fingerprint density at radius 1 is 0.952 bits per heavy atom. The van der Waals surface area contributed by atoms with E-state index in [2.05, 4.69) is 12.2 Å². The van der Waals surface area contributed by atoms with Crippen LogP contribution in [-0.4, -0.2) is 39.0 Å². The topological polar surface area (TPSA) is 73.6 Å². The van der Waals surface area contributed by atoms with E-state index in [1.54, 1.807) is 0 Å². The summed E-state index contributed by atoms with van der Waals surface area (Å²) in [5.41, 5.74) is 4.87. The first-order chi connectivity index (χ1) is 10.3. The van der Waals surface area contributed by atoms with Gasteiger partial charge in [0.2, 0.25) is 0 Å². The fourth-order valence-electron chi connectivity index (χ4n) is 2.08. The second kappa shape index (κ2) is 17.2. The van der Waals surface area contributed by atoms with Gasteiger partial charge in [0.25, 0.3) is 0 Å². The lowest BCUT2D eigenvalue weighted by Crippen LogP contribution is -2.32. The van der Waals surface area contributed by atoms with Gasteiger partial charge < -0.3 is 20.5 Å². The van der Waals surface area contributed by atoms with Crippen molar-refractivity contribution in [2.45, 2.75) is 64.7 Å². The normalized spacial score (nSPS) is 14.1. The highest BCUT2D eigenvalue weighted by Gasteiger charge is 1.95. The molecule has 1 saturated carbocycles. The van der Waals surface area contributed by atoms with Crippen LogP contribution >= 0.6 is 0 Å². The lowest BCUT2D eigenvalue weighted by atomic mass is 10.0. The van der Waals surface area contributed by atoms with Gasteiger partial charge in [-0.25, -0.2) is 4.79 Å². The molecule has 0 aromatic heterocycles. The zero-order chi connectivity index (χ0) is 15.6. The molecule has 21 heavy (non-hydrogen) atoms. The highest BCUT2D eigenvalue weighted by atomic mass is 16.5. The summed E-state index contributed by atoms with van der Waals surface area (Å²) in [5, 5.41) is 2.44. The molecular formula is C16H38N2O3. The van der Waals surface area contributed by atoms with Gasteiger partial charge in [-0.15, -0.1) is 0 Å². The zero-order valence-corrected chi connectivity index (χ0v) is 13.7. The van der Waals surface area contributed by atoms with Gasteiger partial charge >= 0.3 is 6.03 Å². The Hall–Kier alpha value is -0.810. The maximum atomic E-state index is 10.3.